The van der Waals surface area contributed by atoms with E-state index >= 15 is 0 Å². The van der Waals surface area contributed by atoms with Crippen molar-refractivity contribution in [3.05, 3.63) is 35.9 Å². The molecule has 1 aromatic carbocycles. The van der Waals surface area contributed by atoms with E-state index in [0.29, 0.717) is 0 Å². The van der Waals surface area contributed by atoms with Crippen LogP contribution in [0.25, 0.3) is 0 Å². The molecule has 0 amide bonds. The molecule has 0 radical (unpaired) electrons. The van der Waals surface area contributed by atoms with Gasteiger partial charge in [0.25, 0.3) is 0 Å². The molecule has 2 atom stereocenters. The summed E-state index contributed by atoms with van der Waals surface area (Å²) in [5, 5.41) is 0. The van der Waals surface area contributed by atoms with E-state index in [2.05, 4.69) is 39.8 Å². The minimum atomic E-state index is 0.0150. The normalized spacial score (nSPS) is 15.6. The van der Waals surface area contributed by atoms with Gasteiger partial charge in [-0.15, -0.1) is 0 Å². The highest BCUT2D eigenvalue weighted by Crippen LogP contribution is 2.38. The number of carbonyl (C=O) groups is 1. The van der Waals surface area contributed by atoms with Gasteiger partial charge in [-0.25, -0.2) is 0 Å². The van der Waals surface area contributed by atoms with Gasteiger partial charge in [-0.2, -0.15) is 0 Å². The van der Waals surface area contributed by atoms with Crippen LogP contribution in [0.15, 0.2) is 30.3 Å². The van der Waals surface area contributed by atoms with Gasteiger partial charge in [-0.1, -0.05) is 58.0 Å². The molecule has 0 aliphatic carbocycles. The second-order valence-electron chi connectivity index (χ2n) is 5.65. The summed E-state index contributed by atoms with van der Waals surface area (Å²) in [6, 6.07) is 10.3. The molecule has 0 bridgehead atoms. The lowest BCUT2D eigenvalue weighted by atomic mass is 9.70. The molecule has 0 aliphatic heterocycles. The predicted octanol–water partition coefficient (Wildman–Crippen LogP) is 4.04. The summed E-state index contributed by atoms with van der Waals surface area (Å²) in [4.78, 5) is 11.8. The molecule has 16 heavy (non-hydrogen) atoms. The molecule has 1 rings (SSSR count). The Hall–Kier alpha value is -1.11. The third-order valence-corrected chi connectivity index (χ3v) is 3.20. The van der Waals surface area contributed by atoms with Crippen molar-refractivity contribution in [3.8, 4) is 0 Å². The Balaban J connectivity index is 3.02. The summed E-state index contributed by atoms with van der Waals surface area (Å²) in [7, 11) is 0. The maximum Gasteiger partial charge on any atom is 0.134 e. The fourth-order valence-corrected chi connectivity index (χ4v) is 2.66. The smallest absolute Gasteiger partial charge is 0.134 e. The Bertz CT molecular complexity index is 345. The van der Waals surface area contributed by atoms with Crippen LogP contribution in [0.5, 0.6) is 0 Å². The second-order valence-corrected chi connectivity index (χ2v) is 5.65. The van der Waals surface area contributed by atoms with Gasteiger partial charge in [-0.05, 0) is 23.8 Å². The van der Waals surface area contributed by atoms with E-state index in [1.54, 1.807) is 6.92 Å². The topological polar surface area (TPSA) is 17.1 Å². The molecule has 0 N–H and O–H groups in total. The average molecular weight is 218 g/mol. The van der Waals surface area contributed by atoms with Gasteiger partial charge in [0.15, 0.2) is 0 Å². The largest absolute Gasteiger partial charge is 0.300 e. The van der Waals surface area contributed by atoms with E-state index in [1.165, 1.54) is 5.56 Å². The van der Waals surface area contributed by atoms with Crippen LogP contribution in [-0.2, 0) is 4.79 Å². The zero-order chi connectivity index (χ0) is 12.3. The highest BCUT2D eigenvalue weighted by atomic mass is 16.1. The SMILES string of the molecule is CC(=O)[C@H]([C@@H](C)c1ccccc1)C(C)(C)C. The molecule has 0 aliphatic rings. The van der Waals surface area contributed by atoms with Crippen molar-refractivity contribution in [1.82, 2.24) is 0 Å². The zero-order valence-electron chi connectivity index (χ0n) is 10.9. The molecule has 1 aromatic rings. The Morgan fingerprint density at radius 3 is 2.00 bits per heavy atom. The van der Waals surface area contributed by atoms with Crippen molar-refractivity contribution < 1.29 is 4.79 Å². The molecular formula is C15H22O. The van der Waals surface area contributed by atoms with Crippen LogP contribution in [0, 0.1) is 11.3 Å². The Kier molecular flexibility index (Phi) is 3.90. The Labute approximate surface area is 98.9 Å². The lowest BCUT2D eigenvalue weighted by Crippen LogP contribution is -2.31. The first-order valence-electron chi connectivity index (χ1n) is 5.89. The van der Waals surface area contributed by atoms with E-state index in [1.807, 2.05) is 18.2 Å². The van der Waals surface area contributed by atoms with Gasteiger partial charge < -0.3 is 0 Å². The fourth-order valence-electron chi connectivity index (χ4n) is 2.66. The van der Waals surface area contributed by atoms with Crippen LogP contribution in [0.2, 0.25) is 0 Å². The van der Waals surface area contributed by atoms with Gasteiger partial charge in [0.2, 0.25) is 0 Å². The number of hydrogen-bond donors (Lipinski definition) is 0. The summed E-state index contributed by atoms with van der Waals surface area (Å²) < 4.78 is 0. The van der Waals surface area contributed by atoms with E-state index in [-0.39, 0.29) is 23.0 Å². The Morgan fingerprint density at radius 2 is 1.62 bits per heavy atom. The third kappa shape index (κ3) is 2.94. The van der Waals surface area contributed by atoms with Crippen molar-refractivity contribution in [2.24, 2.45) is 11.3 Å². The maximum atomic E-state index is 11.8. The lowest BCUT2D eigenvalue weighted by molar-refractivity contribution is -0.124. The van der Waals surface area contributed by atoms with E-state index < -0.39 is 0 Å². The number of Topliss-reactive ketones (excluding diaryl/α,β-unsaturated/α-hetero) is 1. The predicted molar refractivity (Wildman–Crippen MR) is 68.5 cm³/mol. The monoisotopic (exact) mass is 218 g/mol. The van der Waals surface area contributed by atoms with Gasteiger partial charge in [0.1, 0.15) is 5.78 Å². The quantitative estimate of drug-likeness (QED) is 0.748. The highest BCUT2D eigenvalue weighted by Gasteiger charge is 2.33. The first-order valence-corrected chi connectivity index (χ1v) is 5.89. The van der Waals surface area contributed by atoms with Crippen molar-refractivity contribution in [2.75, 3.05) is 0 Å². The van der Waals surface area contributed by atoms with Crippen LogP contribution in [0.4, 0.5) is 0 Å². The maximum absolute atomic E-state index is 11.8. The number of benzene rings is 1. The number of rotatable bonds is 3. The molecule has 88 valence electrons. The summed E-state index contributed by atoms with van der Waals surface area (Å²) in [5.41, 5.74) is 1.26. The summed E-state index contributed by atoms with van der Waals surface area (Å²) >= 11 is 0. The first kappa shape index (κ1) is 13.0. The average Bonchev–Trinajstić information content (AvgIpc) is 2.16. The van der Waals surface area contributed by atoms with Crippen LogP contribution >= 0.6 is 0 Å². The fraction of sp³-hybridized carbons (Fsp3) is 0.533. The molecule has 0 spiro atoms. The van der Waals surface area contributed by atoms with Gasteiger partial charge in [0.05, 0.1) is 0 Å². The Morgan fingerprint density at radius 1 is 1.12 bits per heavy atom. The molecule has 1 nitrogen and oxygen atoms in total. The summed E-state index contributed by atoms with van der Waals surface area (Å²) in [5.74, 6) is 0.637. The molecular weight excluding hydrogens is 196 g/mol. The van der Waals surface area contributed by atoms with Crippen molar-refractivity contribution >= 4 is 5.78 Å². The molecule has 0 fully saturated rings. The van der Waals surface area contributed by atoms with Crippen molar-refractivity contribution in [1.29, 1.82) is 0 Å². The molecule has 1 heteroatoms. The number of hydrogen-bond acceptors (Lipinski definition) is 1. The minimum absolute atomic E-state index is 0.0150. The number of ketones is 1. The van der Waals surface area contributed by atoms with Crippen LogP contribution in [-0.4, -0.2) is 5.78 Å². The van der Waals surface area contributed by atoms with Crippen molar-refractivity contribution in [2.45, 2.75) is 40.5 Å². The molecule has 0 aromatic heterocycles. The zero-order valence-corrected chi connectivity index (χ0v) is 10.9. The van der Waals surface area contributed by atoms with Gasteiger partial charge >= 0.3 is 0 Å². The standard InChI is InChI=1S/C15H22O/c1-11(13-9-7-6-8-10-13)14(12(2)16)15(3,4)5/h6-11,14H,1-5H3/t11-,14-/m0/s1. The van der Waals surface area contributed by atoms with Gasteiger partial charge in [0, 0.05) is 5.92 Å². The van der Waals surface area contributed by atoms with Crippen LogP contribution in [0.1, 0.15) is 46.1 Å². The summed E-state index contributed by atoms with van der Waals surface area (Å²) in [6.07, 6.45) is 0. The first-order chi connectivity index (χ1) is 7.34. The van der Waals surface area contributed by atoms with Crippen LogP contribution in [0.3, 0.4) is 0 Å². The van der Waals surface area contributed by atoms with E-state index in [0.717, 1.165) is 0 Å². The van der Waals surface area contributed by atoms with E-state index in [9.17, 15) is 4.79 Å². The molecule has 0 heterocycles. The molecule has 0 saturated carbocycles. The van der Waals surface area contributed by atoms with Crippen LogP contribution < -0.4 is 0 Å². The third-order valence-electron chi connectivity index (χ3n) is 3.20. The molecule has 0 saturated heterocycles. The van der Waals surface area contributed by atoms with E-state index in [4.69, 9.17) is 0 Å². The van der Waals surface area contributed by atoms with Gasteiger partial charge in [-0.3, -0.25) is 4.79 Å². The second kappa shape index (κ2) is 4.82. The summed E-state index contributed by atoms with van der Waals surface area (Å²) in [6.45, 7) is 10.3. The highest BCUT2D eigenvalue weighted by molar-refractivity contribution is 5.80. The lowest BCUT2D eigenvalue weighted by Gasteiger charge is -2.33. The van der Waals surface area contributed by atoms with Crippen molar-refractivity contribution in [3.63, 3.8) is 0 Å². The number of carbonyl (C=O) groups excluding carboxylic acids is 1. The minimum Gasteiger partial charge on any atom is -0.300 e. The molecule has 0 unspecified atom stereocenters.